The van der Waals surface area contributed by atoms with E-state index in [0.29, 0.717) is 122 Å². The van der Waals surface area contributed by atoms with E-state index in [1.54, 1.807) is 0 Å². The highest BCUT2D eigenvalue weighted by Crippen LogP contribution is 2.91. The van der Waals surface area contributed by atoms with Crippen molar-refractivity contribution in [3.63, 3.8) is 0 Å². The first-order chi connectivity index (χ1) is 45.0. The average Bonchev–Trinajstić information content (AvgIpc) is 1.47. The van der Waals surface area contributed by atoms with E-state index in [0.717, 1.165) is 44.9 Å². The standard InChI is InChI=1S/C38H59NO8.C36H57NO6.C2H3ClO2/c1-22-17-24(20-45-33(42)43-6)46-31-30(22)35(4)13-14-38-21-37(38)12-11-27(34(2,3)25(37)9-10-26(38)36(35,5)32(31)41)47-29-19-39(15-16-44-29)28(40)18-23-7-8-23;1-21-16-23(19-38)42-30-29(21)33(4)12-13-36-20-35(36)11-10-26(32(2,3)24(35)8-9-25(36)34(33,5)31(30)40)43-28-18-37(14-15-41-28)27(39)17-22-6-7-22;1-5-2(3)4/h22-27,29-32,41H,7-21H2,1-6H3;21-26,28-31,38,40H,6-20H2,1-5H3;1H3/t22-,24-,25+,26+,27+,29+,30+,31+,32+,35-,36-,37-,38+;21-,23-,24+,25+,26+,28+,29+,30+,31+,33-,34-,35-,36+;/m11./s1. The van der Waals surface area contributed by atoms with E-state index >= 15 is 0 Å². The lowest BCUT2D eigenvalue weighted by Crippen LogP contribution is -2.60. The highest BCUT2D eigenvalue weighted by atomic mass is 35.5. The van der Waals surface area contributed by atoms with Gasteiger partial charge >= 0.3 is 11.6 Å². The van der Waals surface area contributed by atoms with Gasteiger partial charge in [-0.15, -0.1) is 0 Å². The molecule has 0 aromatic rings. The maximum atomic E-state index is 12.9. The van der Waals surface area contributed by atoms with Crippen LogP contribution in [-0.4, -0.2) is 177 Å². The lowest BCUT2D eigenvalue weighted by molar-refractivity contribution is -0.248. The summed E-state index contributed by atoms with van der Waals surface area (Å²) in [4.78, 5) is 50.8. The number of nitrogens with zero attached hydrogens (tertiary/aromatic N) is 2. The minimum Gasteiger partial charge on any atom is -0.457 e. The van der Waals surface area contributed by atoms with Crippen LogP contribution in [-0.2, 0) is 52.2 Å². The predicted octanol–water partition coefficient (Wildman–Crippen LogP) is 12.1. The van der Waals surface area contributed by atoms with E-state index in [9.17, 15) is 34.5 Å². The van der Waals surface area contributed by atoms with Crippen molar-refractivity contribution >= 4 is 35.0 Å². The zero-order valence-electron chi connectivity index (χ0n) is 59.7. The molecule has 12 aliphatic carbocycles. The van der Waals surface area contributed by atoms with Crippen LogP contribution in [0, 0.1) is 113 Å². The van der Waals surface area contributed by atoms with E-state index in [-0.39, 0.29) is 118 Å². The van der Waals surface area contributed by atoms with Gasteiger partial charge in [0.05, 0.1) is 96.0 Å². The number of hydrogen-bond donors (Lipinski definition) is 3. The van der Waals surface area contributed by atoms with Crippen LogP contribution in [0.5, 0.6) is 0 Å². The van der Waals surface area contributed by atoms with E-state index in [4.69, 9.17) is 37.9 Å². The molecule has 18 nitrogen and oxygen atoms in total. The third-order valence-corrected chi connectivity index (χ3v) is 32.4. The second kappa shape index (κ2) is 24.7. The number of carbonyl (C=O) groups excluding carboxylic acids is 4. The summed E-state index contributed by atoms with van der Waals surface area (Å²) < 4.78 is 52.9. The number of hydrogen-bond acceptors (Lipinski definition) is 16. The van der Waals surface area contributed by atoms with Gasteiger partial charge in [-0.05, 0) is 231 Å². The fourth-order valence-corrected chi connectivity index (χ4v) is 27.3. The molecular weight excluding hydrogens is 1230 g/mol. The van der Waals surface area contributed by atoms with Gasteiger partial charge in [0.1, 0.15) is 6.61 Å². The zero-order chi connectivity index (χ0) is 67.6. The Balaban J connectivity index is 0.000000153. The minimum atomic E-state index is -0.773. The fraction of sp³-hybridized carbons (Fsp3) is 0.947. The number of aliphatic hydroxyl groups excluding tert-OH is 3. The van der Waals surface area contributed by atoms with Crippen LogP contribution in [0.25, 0.3) is 0 Å². The van der Waals surface area contributed by atoms with Crippen molar-refractivity contribution in [1.29, 1.82) is 0 Å². The molecule has 0 bridgehead atoms. The van der Waals surface area contributed by atoms with Crippen molar-refractivity contribution in [2.75, 3.05) is 66.8 Å². The number of carbonyl (C=O) groups is 4. The molecule has 536 valence electrons. The Kier molecular flexibility index (Phi) is 18.1. The molecule has 0 unspecified atom stereocenters. The third kappa shape index (κ3) is 10.7. The summed E-state index contributed by atoms with van der Waals surface area (Å²) in [7, 11) is 2.54. The molecule has 4 aliphatic heterocycles. The van der Waals surface area contributed by atoms with Crippen LogP contribution in [0.3, 0.4) is 0 Å². The molecule has 0 radical (unpaired) electrons. The van der Waals surface area contributed by atoms with Crippen LogP contribution < -0.4 is 0 Å². The first-order valence-electron chi connectivity index (χ1n) is 37.8. The molecule has 3 N–H and O–H groups in total. The normalized spacial score (nSPS) is 50.5. The van der Waals surface area contributed by atoms with E-state index in [1.807, 2.05) is 9.80 Å². The number of ether oxygens (including phenoxy) is 9. The van der Waals surface area contributed by atoms with Gasteiger partial charge in [0, 0.05) is 48.4 Å². The predicted molar refractivity (Wildman–Crippen MR) is 353 cm³/mol. The molecule has 95 heavy (non-hydrogen) atoms. The number of aliphatic hydroxyl groups is 3. The van der Waals surface area contributed by atoms with E-state index < -0.39 is 23.8 Å². The Morgan fingerprint density at radius 1 is 0.537 bits per heavy atom. The van der Waals surface area contributed by atoms with Crippen molar-refractivity contribution < 1.29 is 77.1 Å². The average molecular weight is 1350 g/mol. The van der Waals surface area contributed by atoms with Gasteiger partial charge in [-0.3, -0.25) is 9.59 Å². The van der Waals surface area contributed by atoms with Crippen LogP contribution in [0.1, 0.15) is 210 Å². The van der Waals surface area contributed by atoms with Crippen molar-refractivity contribution in [2.24, 2.45) is 113 Å². The monoisotopic (exact) mass is 1350 g/mol. The molecule has 12 saturated carbocycles. The lowest BCUT2D eigenvalue weighted by Gasteiger charge is -2.64. The number of methoxy groups -OCH3 is 2. The first kappa shape index (κ1) is 69.7. The lowest BCUT2D eigenvalue weighted by atomic mass is 9.41. The fourth-order valence-electron chi connectivity index (χ4n) is 27.3. The second-order valence-electron chi connectivity index (χ2n) is 36.5. The molecule has 4 saturated heterocycles. The summed E-state index contributed by atoms with van der Waals surface area (Å²) in [5, 5.41) is 34.6. The second-order valence-corrected chi connectivity index (χ2v) is 36.8. The molecular formula is C76H119ClN2O16. The van der Waals surface area contributed by atoms with Gasteiger partial charge in [0.15, 0.2) is 12.6 Å². The van der Waals surface area contributed by atoms with Gasteiger partial charge in [-0.25, -0.2) is 9.59 Å². The Morgan fingerprint density at radius 3 is 1.34 bits per heavy atom. The Bertz CT molecular complexity index is 2910. The SMILES string of the molecule is COC(=O)Cl.COC(=O)OC[C@H]1C[C@@H](C)[C@H]2[C@H](O1)[C@H](O)[C@@]1(C)[C@@H]3CC[C@H]4C(C)(C)[C@@H](O[C@H]5CN(C(=O)CC6CC6)CCO5)CC[C@@]45C[C@@]35CC[C@]21C.C[C@@H]1C[C@H](CO)O[C@H]2[C@H]1[C@@]1(C)CC[C@@]34C[C@@]35CC[C@H](O[C@H]3CN(C(=O)CC6CC6)CCO3)C(C)(C)[C@@H]5CC[C@H]4[C@]1(C)[C@H]2O. The van der Waals surface area contributed by atoms with Gasteiger partial charge in [-0.2, -0.15) is 0 Å². The summed E-state index contributed by atoms with van der Waals surface area (Å²) in [5.74, 6) is 5.35. The number of halogens is 1. The highest BCUT2D eigenvalue weighted by Gasteiger charge is 2.87. The van der Waals surface area contributed by atoms with E-state index in [1.165, 1.54) is 97.7 Å². The summed E-state index contributed by atoms with van der Waals surface area (Å²) in [5.41, 5.74) is 0.148. The Hall–Kier alpha value is -2.39. The smallest absolute Gasteiger partial charge is 0.457 e. The first-order valence-corrected chi connectivity index (χ1v) is 38.2. The number of morpholine rings is 2. The van der Waals surface area contributed by atoms with Crippen LogP contribution >= 0.6 is 11.6 Å². The maximum absolute atomic E-state index is 12.9. The van der Waals surface area contributed by atoms with Gasteiger partial charge in [0.25, 0.3) is 0 Å². The molecule has 19 heteroatoms. The Labute approximate surface area is 571 Å². The summed E-state index contributed by atoms with van der Waals surface area (Å²) >= 11 is 4.60. The molecule has 16 rings (SSSR count). The number of amides is 2. The number of fused-ring (bicyclic) bond motifs is 8. The Morgan fingerprint density at radius 2 is 0.937 bits per heavy atom. The zero-order valence-corrected chi connectivity index (χ0v) is 60.4. The maximum Gasteiger partial charge on any atom is 0.508 e. The highest BCUT2D eigenvalue weighted by molar-refractivity contribution is 6.61. The minimum absolute atomic E-state index is 0.00476. The van der Waals surface area contributed by atoms with Crippen molar-refractivity contribution in [2.45, 2.75) is 272 Å². The number of rotatable bonds is 11. The van der Waals surface area contributed by atoms with Crippen LogP contribution in [0.4, 0.5) is 9.59 Å². The van der Waals surface area contributed by atoms with Crippen molar-refractivity contribution in [3.8, 4) is 0 Å². The van der Waals surface area contributed by atoms with E-state index in [2.05, 4.69) is 85.6 Å². The van der Waals surface area contributed by atoms with Gasteiger partial charge in [0.2, 0.25) is 11.8 Å². The van der Waals surface area contributed by atoms with Crippen LogP contribution in [0.15, 0.2) is 0 Å². The van der Waals surface area contributed by atoms with Crippen molar-refractivity contribution in [3.05, 3.63) is 0 Å². The molecule has 0 aromatic heterocycles. The quantitative estimate of drug-likeness (QED) is 0.129. The summed E-state index contributed by atoms with van der Waals surface area (Å²) in [6, 6.07) is 0. The third-order valence-electron chi connectivity index (χ3n) is 32.3. The molecule has 0 aromatic carbocycles. The molecule has 16 fully saturated rings. The summed E-state index contributed by atoms with van der Waals surface area (Å²) in [6.45, 7) is 28.1. The molecule has 4 spiro atoms. The molecule has 4 heterocycles. The van der Waals surface area contributed by atoms with Gasteiger partial charge < -0.3 is 67.8 Å². The topological polar surface area (TPSA) is 219 Å². The molecule has 2 amide bonds. The van der Waals surface area contributed by atoms with Gasteiger partial charge in [-0.1, -0.05) is 69.2 Å². The van der Waals surface area contributed by atoms with Crippen LogP contribution in [0.2, 0.25) is 0 Å². The largest absolute Gasteiger partial charge is 0.508 e. The molecule has 26 atom stereocenters. The van der Waals surface area contributed by atoms with Crippen molar-refractivity contribution in [1.82, 2.24) is 9.80 Å². The molecule has 16 aliphatic rings. The summed E-state index contributed by atoms with van der Waals surface area (Å²) in [6.07, 6.45) is 21.5.